The summed E-state index contributed by atoms with van der Waals surface area (Å²) in [6.07, 6.45) is 3.52. The number of hydrogen-bond acceptors (Lipinski definition) is 2. The van der Waals surface area contributed by atoms with Gasteiger partial charge in [0, 0.05) is 29.2 Å². The number of aryl methyl sites for hydroxylation is 2. The highest BCUT2D eigenvalue weighted by Crippen LogP contribution is 2.47. The molecule has 0 saturated heterocycles. The summed E-state index contributed by atoms with van der Waals surface area (Å²) < 4.78 is 0. The summed E-state index contributed by atoms with van der Waals surface area (Å²) in [4.78, 5) is 15.9. The minimum absolute atomic E-state index is 0.0220. The van der Waals surface area contributed by atoms with Crippen LogP contribution in [0.15, 0.2) is 18.2 Å². The van der Waals surface area contributed by atoms with Crippen LogP contribution in [-0.4, -0.2) is 16.9 Å². The molecule has 1 heterocycles. The first kappa shape index (κ1) is 14.8. The molecule has 0 spiro atoms. The highest BCUT2D eigenvalue weighted by molar-refractivity contribution is 5.85. The Balaban J connectivity index is 1.46. The van der Waals surface area contributed by atoms with Crippen molar-refractivity contribution in [1.29, 1.82) is 0 Å². The van der Waals surface area contributed by atoms with Crippen molar-refractivity contribution >= 4 is 16.8 Å². The molecule has 0 aliphatic heterocycles. The monoisotopic (exact) mass is 311 g/mol. The number of H-pyrrole nitrogens is 1. The first-order chi connectivity index (χ1) is 11.0. The van der Waals surface area contributed by atoms with E-state index in [0.717, 1.165) is 17.5 Å². The van der Waals surface area contributed by atoms with Crippen molar-refractivity contribution in [2.75, 3.05) is 0 Å². The second-order valence-corrected chi connectivity index (χ2v) is 7.41. The Morgan fingerprint density at radius 3 is 2.83 bits per heavy atom. The van der Waals surface area contributed by atoms with Crippen molar-refractivity contribution in [3.8, 4) is 0 Å². The fraction of sp³-hybridized carbons (Fsp3) is 0.526. The number of fused-ring (bicyclic) bond motifs is 3. The quantitative estimate of drug-likeness (QED) is 0.815. The molecular weight excluding hydrogens is 286 g/mol. The topological polar surface area (TPSA) is 70.9 Å². The molecular formula is C19H25N3O. The van der Waals surface area contributed by atoms with Gasteiger partial charge in [-0.25, -0.2) is 0 Å². The van der Waals surface area contributed by atoms with E-state index >= 15 is 0 Å². The summed E-state index contributed by atoms with van der Waals surface area (Å²) >= 11 is 0. The molecule has 2 aliphatic rings. The number of aromatic amines is 1. The zero-order chi connectivity index (χ0) is 16.1. The minimum Gasteiger partial charge on any atom is -0.358 e. The number of carbonyl (C=O) groups excluding carboxylic acids is 1. The molecule has 1 amide bonds. The summed E-state index contributed by atoms with van der Waals surface area (Å²) in [6, 6.07) is 6.42. The van der Waals surface area contributed by atoms with Crippen LogP contribution in [0, 0.1) is 31.6 Å². The maximum Gasteiger partial charge on any atom is 0.225 e. The third-order valence-corrected chi connectivity index (χ3v) is 6.12. The van der Waals surface area contributed by atoms with Gasteiger partial charge in [-0.3, -0.25) is 4.79 Å². The van der Waals surface area contributed by atoms with Gasteiger partial charge in [-0.15, -0.1) is 0 Å². The predicted molar refractivity (Wildman–Crippen MR) is 91.9 cm³/mol. The number of nitrogens with two attached hydrogens (primary N) is 1. The molecule has 2 aliphatic carbocycles. The summed E-state index contributed by atoms with van der Waals surface area (Å²) in [5.41, 5.74) is 11.1. The van der Waals surface area contributed by atoms with Gasteiger partial charge in [-0.05, 0) is 68.2 Å². The Hall–Kier alpha value is -1.81. The van der Waals surface area contributed by atoms with Gasteiger partial charge in [0.05, 0.1) is 5.92 Å². The first-order valence-corrected chi connectivity index (χ1v) is 8.65. The highest BCUT2D eigenvalue weighted by atomic mass is 16.1. The van der Waals surface area contributed by atoms with Crippen molar-refractivity contribution in [2.45, 2.75) is 45.7 Å². The van der Waals surface area contributed by atoms with E-state index in [1.54, 1.807) is 0 Å². The van der Waals surface area contributed by atoms with Crippen LogP contribution in [-0.2, 0) is 11.3 Å². The average molecular weight is 311 g/mol. The van der Waals surface area contributed by atoms with E-state index in [0.29, 0.717) is 18.4 Å². The lowest BCUT2D eigenvalue weighted by atomic mass is 9.84. The number of rotatable bonds is 3. The van der Waals surface area contributed by atoms with E-state index in [9.17, 15) is 4.79 Å². The molecule has 4 atom stereocenters. The third kappa shape index (κ3) is 2.36. The van der Waals surface area contributed by atoms with E-state index in [2.05, 4.69) is 42.3 Å². The van der Waals surface area contributed by atoms with Crippen LogP contribution >= 0.6 is 0 Å². The fourth-order valence-corrected chi connectivity index (χ4v) is 4.65. The van der Waals surface area contributed by atoms with Gasteiger partial charge in [-0.1, -0.05) is 6.07 Å². The van der Waals surface area contributed by atoms with Gasteiger partial charge in [0.25, 0.3) is 0 Å². The van der Waals surface area contributed by atoms with Crippen LogP contribution < -0.4 is 11.1 Å². The van der Waals surface area contributed by atoms with Crippen molar-refractivity contribution in [3.63, 3.8) is 0 Å². The summed E-state index contributed by atoms with van der Waals surface area (Å²) in [7, 11) is 0. The lowest BCUT2D eigenvalue weighted by molar-refractivity contribution is -0.127. The number of aromatic nitrogens is 1. The zero-order valence-corrected chi connectivity index (χ0v) is 13.9. The van der Waals surface area contributed by atoms with Crippen LogP contribution in [0.3, 0.4) is 0 Å². The molecule has 23 heavy (non-hydrogen) atoms. The molecule has 1 aromatic heterocycles. The molecule has 4 nitrogen and oxygen atoms in total. The van der Waals surface area contributed by atoms with Crippen molar-refractivity contribution in [1.82, 2.24) is 10.3 Å². The van der Waals surface area contributed by atoms with Crippen LogP contribution in [0.1, 0.15) is 36.1 Å². The van der Waals surface area contributed by atoms with Gasteiger partial charge in [0.2, 0.25) is 5.91 Å². The largest absolute Gasteiger partial charge is 0.358 e. The highest BCUT2D eigenvalue weighted by Gasteiger charge is 2.48. The van der Waals surface area contributed by atoms with Gasteiger partial charge >= 0.3 is 0 Å². The van der Waals surface area contributed by atoms with Crippen molar-refractivity contribution in [3.05, 3.63) is 35.0 Å². The van der Waals surface area contributed by atoms with E-state index in [1.807, 2.05) is 0 Å². The van der Waals surface area contributed by atoms with Crippen LogP contribution in [0.5, 0.6) is 0 Å². The zero-order valence-electron chi connectivity index (χ0n) is 13.9. The molecule has 2 saturated carbocycles. The second kappa shape index (κ2) is 5.38. The Kier molecular flexibility index (Phi) is 3.45. The SMILES string of the molecule is Cc1[nH]c2ccc(CNC(=O)C3C4CCC(C4)C3N)cc2c1C. The third-order valence-electron chi connectivity index (χ3n) is 6.12. The van der Waals surface area contributed by atoms with E-state index < -0.39 is 0 Å². The Labute approximate surface area is 136 Å². The normalized spacial score (nSPS) is 29.3. The van der Waals surface area contributed by atoms with E-state index in [-0.39, 0.29) is 17.9 Å². The maximum absolute atomic E-state index is 12.6. The molecule has 4 rings (SSSR count). The molecule has 4 unspecified atom stereocenters. The molecule has 2 bridgehead atoms. The lowest BCUT2D eigenvalue weighted by Crippen LogP contribution is -2.45. The maximum atomic E-state index is 12.6. The lowest BCUT2D eigenvalue weighted by Gasteiger charge is -2.27. The summed E-state index contributed by atoms with van der Waals surface area (Å²) in [5, 5.41) is 4.36. The fourth-order valence-electron chi connectivity index (χ4n) is 4.65. The van der Waals surface area contributed by atoms with E-state index in [1.165, 1.54) is 29.5 Å². The Bertz CT molecular complexity index is 761. The molecule has 122 valence electrons. The van der Waals surface area contributed by atoms with Gasteiger partial charge in [-0.2, -0.15) is 0 Å². The Morgan fingerprint density at radius 2 is 2.09 bits per heavy atom. The van der Waals surface area contributed by atoms with Gasteiger partial charge < -0.3 is 16.0 Å². The average Bonchev–Trinajstić information content (AvgIpc) is 3.20. The van der Waals surface area contributed by atoms with Crippen LogP contribution in [0.4, 0.5) is 0 Å². The van der Waals surface area contributed by atoms with Crippen LogP contribution in [0.2, 0.25) is 0 Å². The molecule has 2 aromatic rings. The molecule has 4 N–H and O–H groups in total. The van der Waals surface area contributed by atoms with E-state index in [4.69, 9.17) is 5.73 Å². The molecule has 0 radical (unpaired) electrons. The second-order valence-electron chi connectivity index (χ2n) is 7.41. The predicted octanol–water partition coefficient (Wildman–Crippen LogP) is 2.77. The number of nitrogens with one attached hydrogen (secondary N) is 2. The minimum atomic E-state index is 0.0220. The molecule has 4 heteroatoms. The number of amides is 1. The van der Waals surface area contributed by atoms with Gasteiger partial charge in [0.15, 0.2) is 0 Å². The Morgan fingerprint density at radius 1 is 1.30 bits per heavy atom. The molecule has 2 fully saturated rings. The summed E-state index contributed by atoms with van der Waals surface area (Å²) in [6.45, 7) is 4.80. The molecule has 1 aromatic carbocycles. The standard InChI is InChI=1S/C19H25N3O/c1-10-11(2)22-16-6-3-12(7-15(10)16)9-21-19(23)17-13-4-5-14(8-13)18(17)20/h3,6-7,13-14,17-18,22H,4-5,8-9,20H2,1-2H3,(H,21,23). The smallest absolute Gasteiger partial charge is 0.225 e. The van der Waals surface area contributed by atoms with Crippen LogP contribution in [0.25, 0.3) is 10.9 Å². The van der Waals surface area contributed by atoms with Crippen molar-refractivity contribution in [2.24, 2.45) is 23.5 Å². The summed E-state index contributed by atoms with van der Waals surface area (Å²) in [5.74, 6) is 1.24. The first-order valence-electron chi connectivity index (χ1n) is 8.65. The van der Waals surface area contributed by atoms with Crippen molar-refractivity contribution < 1.29 is 4.79 Å². The number of carbonyl (C=O) groups is 1. The number of hydrogen-bond donors (Lipinski definition) is 3. The van der Waals surface area contributed by atoms with Gasteiger partial charge in [0.1, 0.15) is 0 Å². The number of benzene rings is 1.